The summed E-state index contributed by atoms with van der Waals surface area (Å²) in [5, 5.41) is 4.30. The van der Waals surface area contributed by atoms with Crippen molar-refractivity contribution < 1.29 is 4.74 Å². The molecule has 0 aliphatic carbocycles. The van der Waals surface area contributed by atoms with Crippen molar-refractivity contribution in [1.82, 2.24) is 24.8 Å². The fraction of sp³-hybridized carbons (Fsp3) is 0.360. The van der Waals surface area contributed by atoms with Crippen molar-refractivity contribution in [1.29, 1.82) is 0 Å². The Morgan fingerprint density at radius 2 is 1.82 bits per heavy atom. The Kier molecular flexibility index (Phi) is 6.05. The van der Waals surface area contributed by atoms with Crippen molar-refractivity contribution in [3.63, 3.8) is 0 Å². The van der Waals surface area contributed by atoms with Crippen molar-refractivity contribution in [2.24, 2.45) is 0 Å². The first-order chi connectivity index (χ1) is 16.8. The van der Waals surface area contributed by atoms with Crippen molar-refractivity contribution in [2.45, 2.75) is 19.4 Å². The van der Waals surface area contributed by atoms with Gasteiger partial charge >= 0.3 is 0 Å². The molecule has 9 heteroatoms. The number of thiazole rings is 1. The van der Waals surface area contributed by atoms with Gasteiger partial charge < -0.3 is 15.0 Å². The molecule has 0 atom stereocenters. The van der Waals surface area contributed by atoms with E-state index in [-0.39, 0.29) is 0 Å². The molecule has 4 aromatic heterocycles. The number of nitrogens with zero attached hydrogens (tertiary/aromatic N) is 6. The molecule has 6 rings (SSSR count). The lowest BCUT2D eigenvalue weighted by molar-refractivity contribution is 0.122. The number of ether oxygens (including phenoxy) is 1. The lowest BCUT2D eigenvalue weighted by Gasteiger charge is -2.31. The zero-order valence-corrected chi connectivity index (χ0v) is 19.8. The first kappa shape index (κ1) is 21.4. The molecule has 8 nitrogen and oxygen atoms in total. The van der Waals surface area contributed by atoms with E-state index in [9.17, 15) is 0 Å². The first-order valence-corrected chi connectivity index (χ1v) is 12.6. The third kappa shape index (κ3) is 4.59. The maximum atomic E-state index is 5.56. The Morgan fingerprint density at radius 1 is 0.941 bits per heavy atom. The predicted molar refractivity (Wildman–Crippen MR) is 136 cm³/mol. The van der Waals surface area contributed by atoms with Gasteiger partial charge in [0.05, 0.1) is 40.5 Å². The van der Waals surface area contributed by atoms with Gasteiger partial charge in [-0.15, -0.1) is 11.3 Å². The summed E-state index contributed by atoms with van der Waals surface area (Å²) in [5.74, 6) is 1.54. The molecular formula is C25H27N7OS. The van der Waals surface area contributed by atoms with Crippen molar-refractivity contribution in [3.05, 3.63) is 54.5 Å². The second kappa shape index (κ2) is 9.61. The van der Waals surface area contributed by atoms with Gasteiger partial charge in [0.1, 0.15) is 16.6 Å². The number of fused-ring (bicyclic) bond motifs is 1. The summed E-state index contributed by atoms with van der Waals surface area (Å²) in [4.78, 5) is 23.7. The van der Waals surface area contributed by atoms with Crippen LogP contribution in [-0.4, -0.2) is 64.2 Å². The molecular weight excluding hydrogens is 446 g/mol. The Bertz CT molecular complexity index is 1270. The number of rotatable bonds is 6. The molecule has 174 valence electrons. The Labute approximate surface area is 202 Å². The first-order valence-electron chi connectivity index (χ1n) is 11.8. The quantitative estimate of drug-likeness (QED) is 0.443. The van der Waals surface area contributed by atoms with Crippen LogP contribution in [0.5, 0.6) is 0 Å². The standard InChI is InChI=1S/C25H27N7OS/c1-2-8-26-18(5-1)25-29-19-15-24(27-16-22(19)34-25)30-23-7-6-21(32-11-13-33-14-12-32)20(28-23)17-31-9-3-4-10-31/h1-2,5-8,15-16H,3-4,9-14,17H2,(H,27,28,30). The largest absolute Gasteiger partial charge is 0.378 e. The Hall–Kier alpha value is -3.14. The van der Waals surface area contributed by atoms with Crippen molar-refractivity contribution in [2.75, 3.05) is 49.6 Å². The molecule has 2 saturated heterocycles. The van der Waals surface area contributed by atoms with Crippen LogP contribution in [0.1, 0.15) is 18.5 Å². The van der Waals surface area contributed by atoms with Crippen molar-refractivity contribution >= 4 is 38.9 Å². The number of morpholine rings is 1. The van der Waals surface area contributed by atoms with E-state index in [1.54, 1.807) is 17.5 Å². The van der Waals surface area contributed by atoms with E-state index in [1.165, 1.54) is 18.5 Å². The van der Waals surface area contributed by atoms with E-state index in [2.05, 4.69) is 31.2 Å². The van der Waals surface area contributed by atoms with Gasteiger partial charge in [0.15, 0.2) is 0 Å². The monoisotopic (exact) mass is 473 g/mol. The minimum atomic E-state index is 0.740. The van der Waals surface area contributed by atoms with Gasteiger partial charge in [0.2, 0.25) is 0 Å². The number of nitrogens with one attached hydrogen (secondary N) is 1. The average Bonchev–Trinajstić information content (AvgIpc) is 3.55. The van der Waals surface area contributed by atoms with Gasteiger partial charge in [0, 0.05) is 38.1 Å². The fourth-order valence-electron chi connectivity index (χ4n) is 4.56. The number of hydrogen-bond donors (Lipinski definition) is 1. The highest BCUT2D eigenvalue weighted by Gasteiger charge is 2.20. The number of pyridine rings is 3. The van der Waals surface area contributed by atoms with Gasteiger partial charge in [0.25, 0.3) is 0 Å². The highest BCUT2D eigenvalue weighted by atomic mass is 32.1. The summed E-state index contributed by atoms with van der Waals surface area (Å²) >= 11 is 1.60. The van der Waals surface area contributed by atoms with Crippen LogP contribution in [0.2, 0.25) is 0 Å². The highest BCUT2D eigenvalue weighted by Crippen LogP contribution is 2.31. The summed E-state index contributed by atoms with van der Waals surface area (Å²) < 4.78 is 6.60. The highest BCUT2D eigenvalue weighted by molar-refractivity contribution is 7.21. The number of hydrogen-bond acceptors (Lipinski definition) is 9. The molecule has 0 spiro atoms. The second-order valence-corrected chi connectivity index (χ2v) is 9.67. The zero-order chi connectivity index (χ0) is 22.7. The lowest BCUT2D eigenvalue weighted by atomic mass is 10.2. The lowest BCUT2D eigenvalue weighted by Crippen LogP contribution is -2.37. The molecule has 0 saturated carbocycles. The molecule has 34 heavy (non-hydrogen) atoms. The van der Waals surface area contributed by atoms with E-state index in [4.69, 9.17) is 14.7 Å². The summed E-state index contributed by atoms with van der Waals surface area (Å²) in [6, 6.07) is 12.1. The topological polar surface area (TPSA) is 79.3 Å². The third-order valence-corrected chi connectivity index (χ3v) is 7.32. The Morgan fingerprint density at radius 3 is 2.65 bits per heavy atom. The molecule has 2 fully saturated rings. The Balaban J connectivity index is 1.27. The molecule has 4 aromatic rings. The minimum absolute atomic E-state index is 0.740. The smallest absolute Gasteiger partial charge is 0.143 e. The van der Waals surface area contributed by atoms with Gasteiger partial charge in [-0.2, -0.15) is 0 Å². The van der Waals surface area contributed by atoms with E-state index in [0.29, 0.717) is 0 Å². The fourth-order valence-corrected chi connectivity index (χ4v) is 5.45. The number of anilines is 3. The van der Waals surface area contributed by atoms with E-state index in [1.807, 2.05) is 36.5 Å². The molecule has 0 radical (unpaired) electrons. The van der Waals surface area contributed by atoms with Gasteiger partial charge in [-0.3, -0.25) is 9.88 Å². The number of likely N-dealkylation sites (tertiary alicyclic amines) is 1. The molecule has 2 aliphatic rings. The van der Waals surface area contributed by atoms with Gasteiger partial charge in [-0.1, -0.05) is 6.07 Å². The van der Waals surface area contributed by atoms with Crippen LogP contribution in [0.25, 0.3) is 20.9 Å². The SMILES string of the molecule is c1ccc(-c2nc3cc(Nc4ccc(N5CCOCC5)c(CN5CCCC5)n4)ncc3s2)nc1. The van der Waals surface area contributed by atoms with Crippen LogP contribution in [0.15, 0.2) is 48.8 Å². The summed E-state index contributed by atoms with van der Waals surface area (Å²) in [6.45, 7) is 6.49. The van der Waals surface area contributed by atoms with Gasteiger partial charge in [-0.05, 0) is 50.2 Å². The van der Waals surface area contributed by atoms with Crippen LogP contribution < -0.4 is 10.2 Å². The maximum absolute atomic E-state index is 5.56. The molecule has 6 heterocycles. The van der Waals surface area contributed by atoms with E-state index in [0.717, 1.165) is 84.2 Å². The molecule has 0 unspecified atom stereocenters. The average molecular weight is 474 g/mol. The maximum Gasteiger partial charge on any atom is 0.143 e. The third-order valence-electron chi connectivity index (χ3n) is 6.29. The van der Waals surface area contributed by atoms with Gasteiger partial charge in [-0.25, -0.2) is 15.0 Å². The second-order valence-electron chi connectivity index (χ2n) is 8.64. The normalized spacial score (nSPS) is 16.9. The summed E-state index contributed by atoms with van der Waals surface area (Å²) in [6.07, 6.45) is 6.19. The van der Waals surface area contributed by atoms with Crippen LogP contribution in [0.4, 0.5) is 17.3 Å². The van der Waals surface area contributed by atoms with Crippen LogP contribution >= 0.6 is 11.3 Å². The predicted octanol–water partition coefficient (Wildman–Crippen LogP) is 4.32. The minimum Gasteiger partial charge on any atom is -0.378 e. The molecule has 0 bridgehead atoms. The summed E-state index contributed by atoms with van der Waals surface area (Å²) in [5.41, 5.74) is 4.11. The van der Waals surface area contributed by atoms with Crippen LogP contribution in [0, 0.1) is 0 Å². The zero-order valence-electron chi connectivity index (χ0n) is 19.0. The molecule has 2 aliphatic heterocycles. The van der Waals surface area contributed by atoms with E-state index >= 15 is 0 Å². The molecule has 0 aromatic carbocycles. The van der Waals surface area contributed by atoms with E-state index < -0.39 is 0 Å². The molecule has 0 amide bonds. The number of aromatic nitrogens is 4. The van der Waals surface area contributed by atoms with Crippen LogP contribution in [-0.2, 0) is 11.3 Å². The van der Waals surface area contributed by atoms with Crippen molar-refractivity contribution in [3.8, 4) is 10.7 Å². The molecule has 1 N–H and O–H groups in total. The van der Waals surface area contributed by atoms with Crippen LogP contribution in [0.3, 0.4) is 0 Å². The summed E-state index contributed by atoms with van der Waals surface area (Å²) in [7, 11) is 0.